The zero-order chi connectivity index (χ0) is 15.4. The molecule has 22 heavy (non-hydrogen) atoms. The van der Waals surface area contributed by atoms with Crippen molar-refractivity contribution in [2.24, 2.45) is 5.92 Å². The number of rotatable bonds is 5. The van der Waals surface area contributed by atoms with Gasteiger partial charge < -0.3 is 10.2 Å². The lowest BCUT2D eigenvalue weighted by Gasteiger charge is -2.35. The predicted molar refractivity (Wildman–Crippen MR) is 90.6 cm³/mol. The summed E-state index contributed by atoms with van der Waals surface area (Å²) in [6.07, 6.45) is 7.05. The van der Waals surface area contributed by atoms with Crippen molar-refractivity contribution in [3.63, 3.8) is 0 Å². The molecule has 0 saturated carbocycles. The van der Waals surface area contributed by atoms with Crippen LogP contribution in [-0.2, 0) is 6.42 Å². The van der Waals surface area contributed by atoms with Gasteiger partial charge in [0.1, 0.15) is 12.1 Å². The lowest BCUT2D eigenvalue weighted by atomic mass is 9.92. The predicted octanol–water partition coefficient (Wildman–Crippen LogP) is 3.34. The molecule has 1 aliphatic heterocycles. The minimum atomic E-state index is 0.635. The van der Waals surface area contributed by atoms with Crippen molar-refractivity contribution < 1.29 is 0 Å². The Bertz CT molecular complexity index is 584. The number of nitrogens with zero attached hydrogens (tertiary/aromatic N) is 4. The van der Waals surface area contributed by atoms with Gasteiger partial charge >= 0.3 is 0 Å². The van der Waals surface area contributed by atoms with Crippen LogP contribution >= 0.6 is 11.3 Å². The molecule has 1 atom stereocenters. The fourth-order valence-corrected chi connectivity index (χ4v) is 3.54. The Hall–Kier alpha value is -1.53. The third-order valence-corrected chi connectivity index (χ3v) is 4.86. The van der Waals surface area contributed by atoms with Crippen LogP contribution in [0.15, 0.2) is 24.0 Å². The van der Waals surface area contributed by atoms with Crippen molar-refractivity contribution in [3.8, 4) is 0 Å². The second kappa shape index (κ2) is 7.15. The molecule has 1 N–H and O–H groups in total. The molecule has 3 heterocycles. The molecule has 1 saturated heterocycles. The van der Waals surface area contributed by atoms with E-state index in [9.17, 15) is 0 Å². The fourth-order valence-electron chi connectivity index (χ4n) is 3.00. The Morgan fingerprint density at radius 1 is 1.36 bits per heavy atom. The van der Waals surface area contributed by atoms with Crippen LogP contribution in [0, 0.1) is 5.92 Å². The van der Waals surface area contributed by atoms with E-state index < -0.39 is 0 Å². The second-order valence-corrected chi connectivity index (χ2v) is 7.05. The van der Waals surface area contributed by atoms with Gasteiger partial charge in [0.15, 0.2) is 5.13 Å². The van der Waals surface area contributed by atoms with Gasteiger partial charge in [-0.2, -0.15) is 0 Å². The van der Waals surface area contributed by atoms with Crippen molar-refractivity contribution >= 4 is 22.3 Å². The van der Waals surface area contributed by atoms with E-state index >= 15 is 0 Å². The summed E-state index contributed by atoms with van der Waals surface area (Å²) >= 11 is 1.57. The molecule has 118 valence electrons. The summed E-state index contributed by atoms with van der Waals surface area (Å²) in [5.74, 6) is 1.52. The number of likely N-dealkylation sites (tertiary alicyclic amines) is 1. The zero-order valence-corrected chi connectivity index (χ0v) is 14.0. The highest BCUT2D eigenvalue weighted by atomic mass is 32.1. The van der Waals surface area contributed by atoms with Crippen molar-refractivity contribution in [1.82, 2.24) is 19.9 Å². The van der Waals surface area contributed by atoms with Crippen molar-refractivity contribution in [3.05, 3.63) is 29.7 Å². The maximum absolute atomic E-state index is 4.45. The van der Waals surface area contributed by atoms with Crippen LogP contribution in [0.25, 0.3) is 0 Å². The molecule has 0 spiro atoms. The molecule has 0 amide bonds. The van der Waals surface area contributed by atoms with Crippen LogP contribution < -0.4 is 5.32 Å². The summed E-state index contributed by atoms with van der Waals surface area (Å²) in [7, 11) is 0. The molecule has 0 aromatic carbocycles. The minimum Gasteiger partial charge on any atom is -0.316 e. The number of thiazole rings is 1. The highest BCUT2D eigenvalue weighted by Gasteiger charge is 2.22. The number of aromatic nitrogens is 3. The van der Waals surface area contributed by atoms with Gasteiger partial charge in [-0.25, -0.2) is 15.0 Å². The van der Waals surface area contributed by atoms with E-state index in [1.165, 1.54) is 25.9 Å². The summed E-state index contributed by atoms with van der Waals surface area (Å²) in [6.45, 7) is 6.97. The summed E-state index contributed by atoms with van der Waals surface area (Å²) in [6, 6.07) is 2.69. The lowest BCUT2D eigenvalue weighted by Crippen LogP contribution is -2.40. The average Bonchev–Trinajstić information content (AvgIpc) is 3.01. The highest BCUT2D eigenvalue weighted by Crippen LogP contribution is 2.23. The van der Waals surface area contributed by atoms with Crippen LogP contribution in [-0.4, -0.2) is 39.0 Å². The fraction of sp³-hybridized carbons (Fsp3) is 0.562. The zero-order valence-electron chi connectivity index (χ0n) is 13.2. The van der Waals surface area contributed by atoms with Crippen LogP contribution in [0.3, 0.4) is 0 Å². The van der Waals surface area contributed by atoms with Crippen LogP contribution in [0.5, 0.6) is 0 Å². The van der Waals surface area contributed by atoms with E-state index in [1.807, 2.05) is 5.38 Å². The average molecular weight is 317 g/mol. The number of anilines is 2. The van der Waals surface area contributed by atoms with Crippen molar-refractivity contribution in [2.75, 3.05) is 18.4 Å². The quantitative estimate of drug-likeness (QED) is 0.916. The Labute approximate surface area is 135 Å². The lowest BCUT2D eigenvalue weighted by molar-refractivity contribution is 0.139. The standard InChI is InChI=1S/C16H23N5S/c1-12(2)21-6-3-4-13(10-21)8-14-9-15(19-11-18-14)20-16-17-5-7-22-16/h5,7,9,11-13H,3-4,6,8,10H2,1-2H3,(H,17,18,19,20)/t13-/m0/s1. The van der Waals surface area contributed by atoms with Crippen molar-refractivity contribution in [1.29, 1.82) is 0 Å². The molecule has 1 fully saturated rings. The van der Waals surface area contributed by atoms with E-state index in [-0.39, 0.29) is 0 Å². The Morgan fingerprint density at radius 2 is 2.27 bits per heavy atom. The first-order valence-electron chi connectivity index (χ1n) is 7.92. The smallest absolute Gasteiger partial charge is 0.188 e. The third kappa shape index (κ3) is 4.01. The highest BCUT2D eigenvalue weighted by molar-refractivity contribution is 7.13. The molecule has 2 aromatic heterocycles. The molecule has 0 radical (unpaired) electrons. The maximum Gasteiger partial charge on any atom is 0.188 e. The van der Waals surface area contributed by atoms with E-state index in [4.69, 9.17) is 0 Å². The van der Waals surface area contributed by atoms with Gasteiger partial charge in [0.2, 0.25) is 0 Å². The largest absolute Gasteiger partial charge is 0.316 e. The molecular weight excluding hydrogens is 294 g/mol. The SMILES string of the molecule is CC(C)N1CCC[C@@H](Cc2cc(Nc3nccs3)ncn2)C1. The normalized spacial score (nSPS) is 19.5. The molecule has 0 bridgehead atoms. The maximum atomic E-state index is 4.45. The Kier molecular flexibility index (Phi) is 5.00. The number of hydrogen-bond acceptors (Lipinski definition) is 6. The second-order valence-electron chi connectivity index (χ2n) is 6.16. The van der Waals surface area contributed by atoms with Gasteiger partial charge in [0.25, 0.3) is 0 Å². The molecule has 6 heteroatoms. The first-order valence-corrected chi connectivity index (χ1v) is 8.80. The van der Waals surface area contributed by atoms with E-state index in [0.717, 1.165) is 23.1 Å². The number of piperidine rings is 1. The van der Waals surface area contributed by atoms with Crippen LogP contribution in [0.4, 0.5) is 10.9 Å². The molecule has 0 unspecified atom stereocenters. The molecule has 1 aliphatic rings. The Morgan fingerprint density at radius 3 is 3.05 bits per heavy atom. The summed E-state index contributed by atoms with van der Waals surface area (Å²) in [4.78, 5) is 15.5. The number of nitrogens with one attached hydrogen (secondary N) is 1. The molecular formula is C16H23N5S. The monoisotopic (exact) mass is 317 g/mol. The molecule has 2 aromatic rings. The van der Waals surface area contributed by atoms with Gasteiger partial charge in [-0.3, -0.25) is 0 Å². The van der Waals surface area contributed by atoms with Gasteiger partial charge in [-0.1, -0.05) is 0 Å². The Balaban J connectivity index is 1.62. The topological polar surface area (TPSA) is 53.9 Å². The molecule has 0 aliphatic carbocycles. The summed E-state index contributed by atoms with van der Waals surface area (Å²) < 4.78 is 0. The van der Waals surface area contributed by atoms with Crippen LogP contribution in [0.1, 0.15) is 32.4 Å². The first kappa shape index (κ1) is 15.4. The minimum absolute atomic E-state index is 0.635. The van der Waals surface area contributed by atoms with Crippen LogP contribution in [0.2, 0.25) is 0 Å². The van der Waals surface area contributed by atoms with Gasteiger partial charge in [0, 0.05) is 35.9 Å². The first-order chi connectivity index (χ1) is 10.7. The van der Waals surface area contributed by atoms with E-state index in [1.54, 1.807) is 23.9 Å². The third-order valence-electron chi connectivity index (χ3n) is 4.17. The molecule has 3 rings (SSSR count). The summed E-state index contributed by atoms with van der Waals surface area (Å²) in [5.41, 5.74) is 1.12. The van der Waals surface area contributed by atoms with Crippen molar-refractivity contribution in [2.45, 2.75) is 39.2 Å². The van der Waals surface area contributed by atoms with Gasteiger partial charge in [0.05, 0.1) is 0 Å². The van der Waals surface area contributed by atoms with E-state index in [2.05, 4.69) is 45.1 Å². The van der Waals surface area contributed by atoms with Gasteiger partial charge in [-0.15, -0.1) is 11.3 Å². The summed E-state index contributed by atoms with van der Waals surface area (Å²) in [5, 5.41) is 6.05. The van der Waals surface area contributed by atoms with Gasteiger partial charge in [-0.05, 0) is 45.6 Å². The molecule has 5 nitrogen and oxygen atoms in total. The van der Waals surface area contributed by atoms with E-state index in [0.29, 0.717) is 12.0 Å². The number of hydrogen-bond donors (Lipinski definition) is 1.